The van der Waals surface area contributed by atoms with Gasteiger partial charge in [-0.25, -0.2) is 9.86 Å². The van der Waals surface area contributed by atoms with Crippen molar-refractivity contribution >= 4 is 18.3 Å². The van der Waals surface area contributed by atoms with Crippen LogP contribution in [0.3, 0.4) is 0 Å². The van der Waals surface area contributed by atoms with Gasteiger partial charge in [0.1, 0.15) is 18.3 Å². The number of carbonyl (C=O) groups is 3. The minimum absolute atomic E-state index is 0.193. The highest BCUT2D eigenvalue weighted by atomic mass is 17.0. The molecule has 2 atom stereocenters. The number of rotatable bonds is 14. The van der Waals surface area contributed by atoms with Crippen molar-refractivity contribution in [2.75, 3.05) is 13.2 Å². The highest BCUT2D eigenvalue weighted by Gasteiger charge is 2.33. The topological polar surface area (TPSA) is 190 Å². The first-order valence-electron chi connectivity index (χ1n) is 9.55. The van der Waals surface area contributed by atoms with Crippen LogP contribution in [-0.4, -0.2) is 70.0 Å². The average molecular weight is 466 g/mol. The van der Waals surface area contributed by atoms with E-state index in [4.69, 9.17) is 9.57 Å². The summed E-state index contributed by atoms with van der Waals surface area (Å²) in [6, 6.07) is -1.25. The first kappa shape index (κ1) is 28.8. The third-order valence-electron chi connectivity index (χ3n) is 3.24. The molecular weight excluding hydrogens is 436 g/mol. The number of nitrogens with one attached hydrogen (secondary N) is 1. The maximum absolute atomic E-state index is 12.6. The summed E-state index contributed by atoms with van der Waals surface area (Å²) in [5.74, 6) is -1.46. The number of carbonyl (C=O) groups excluding carboxylic acids is 3. The molecule has 0 fully saturated rings. The van der Waals surface area contributed by atoms with Gasteiger partial charge < -0.3 is 19.7 Å². The molecule has 0 aliphatic rings. The quantitative estimate of drug-likeness (QED) is 0.163. The molecule has 0 spiro atoms. The highest BCUT2D eigenvalue weighted by molar-refractivity contribution is 5.80. The van der Waals surface area contributed by atoms with E-state index in [1.165, 1.54) is 0 Å². The summed E-state index contributed by atoms with van der Waals surface area (Å²) in [6.07, 6.45) is -1.63. The Hall–Kier alpha value is -3.23. The van der Waals surface area contributed by atoms with Crippen molar-refractivity contribution < 1.29 is 43.8 Å². The predicted molar refractivity (Wildman–Crippen MR) is 105 cm³/mol. The summed E-state index contributed by atoms with van der Waals surface area (Å²) in [5.41, 5.74) is -1.69. The standard InChI is InChI=1S/C17H30N4O11/c1-16(2,3)30-15(24)13(19(11-22)32-17(4,5)6)7-8-14(23)18-9-12(31-21(27)28)10-29-20(25)26/h11-13H,7-10H2,1-6H3,(H,18,23)/t12-,13-/m0/s1. The fourth-order valence-corrected chi connectivity index (χ4v) is 2.17. The number of nitrogens with zero attached hydrogens (tertiary/aromatic N) is 3. The average Bonchev–Trinajstić information content (AvgIpc) is 2.60. The van der Waals surface area contributed by atoms with Crippen LogP contribution in [0, 0.1) is 20.2 Å². The molecule has 2 amide bonds. The molecule has 15 heteroatoms. The summed E-state index contributed by atoms with van der Waals surface area (Å²) in [6.45, 7) is 8.61. The smallest absolute Gasteiger partial charge is 0.332 e. The molecule has 0 saturated carbocycles. The zero-order valence-electron chi connectivity index (χ0n) is 18.9. The van der Waals surface area contributed by atoms with Crippen LogP contribution in [0.5, 0.6) is 0 Å². The van der Waals surface area contributed by atoms with E-state index < -0.39 is 58.5 Å². The summed E-state index contributed by atoms with van der Waals surface area (Å²) in [5, 5.41) is 21.4. The lowest BCUT2D eigenvalue weighted by Gasteiger charge is -2.33. The Morgan fingerprint density at radius 1 is 1.06 bits per heavy atom. The van der Waals surface area contributed by atoms with Crippen molar-refractivity contribution in [1.82, 2.24) is 10.4 Å². The molecule has 0 aliphatic heterocycles. The van der Waals surface area contributed by atoms with Crippen LogP contribution in [0.4, 0.5) is 0 Å². The number of hydrogen-bond donors (Lipinski definition) is 1. The molecule has 0 rings (SSSR count). The van der Waals surface area contributed by atoms with Gasteiger partial charge in [0.2, 0.25) is 12.3 Å². The van der Waals surface area contributed by atoms with Crippen molar-refractivity contribution in [2.45, 2.75) is 77.7 Å². The van der Waals surface area contributed by atoms with E-state index >= 15 is 0 Å². The van der Waals surface area contributed by atoms with Gasteiger partial charge in [0.05, 0.1) is 5.60 Å². The van der Waals surface area contributed by atoms with Crippen LogP contribution in [0.2, 0.25) is 0 Å². The zero-order valence-corrected chi connectivity index (χ0v) is 18.9. The molecule has 0 saturated heterocycles. The van der Waals surface area contributed by atoms with Crippen LogP contribution in [-0.2, 0) is 33.6 Å². The van der Waals surface area contributed by atoms with Crippen molar-refractivity contribution in [3.63, 3.8) is 0 Å². The van der Waals surface area contributed by atoms with Crippen LogP contribution < -0.4 is 5.32 Å². The number of amides is 2. The van der Waals surface area contributed by atoms with Crippen LogP contribution in [0.25, 0.3) is 0 Å². The minimum Gasteiger partial charge on any atom is -0.458 e. The van der Waals surface area contributed by atoms with E-state index in [2.05, 4.69) is 15.0 Å². The molecule has 0 aromatic rings. The Labute approximate surface area is 184 Å². The predicted octanol–water partition coefficient (Wildman–Crippen LogP) is 0.567. The molecule has 0 unspecified atom stereocenters. The van der Waals surface area contributed by atoms with Crippen LogP contribution >= 0.6 is 0 Å². The maximum Gasteiger partial charge on any atom is 0.332 e. The van der Waals surface area contributed by atoms with E-state index in [-0.39, 0.29) is 12.8 Å². The number of hydrogen-bond acceptors (Lipinski definition) is 11. The van der Waals surface area contributed by atoms with Gasteiger partial charge in [-0.2, -0.15) is 0 Å². The maximum atomic E-state index is 12.6. The fraction of sp³-hybridized carbons (Fsp3) is 0.824. The molecule has 0 aromatic heterocycles. The Bertz CT molecular complexity index is 672. The summed E-state index contributed by atoms with van der Waals surface area (Å²) in [7, 11) is 0. The number of esters is 1. The first-order chi connectivity index (χ1) is 14.5. The summed E-state index contributed by atoms with van der Waals surface area (Å²) >= 11 is 0. The Kier molecular flexibility index (Phi) is 11.3. The third-order valence-corrected chi connectivity index (χ3v) is 3.24. The van der Waals surface area contributed by atoms with Crippen molar-refractivity contribution in [3.8, 4) is 0 Å². The van der Waals surface area contributed by atoms with Gasteiger partial charge in [-0.05, 0) is 48.0 Å². The van der Waals surface area contributed by atoms with Gasteiger partial charge in [0.25, 0.3) is 10.2 Å². The molecule has 15 nitrogen and oxygen atoms in total. The highest BCUT2D eigenvalue weighted by Crippen LogP contribution is 2.18. The summed E-state index contributed by atoms with van der Waals surface area (Å²) in [4.78, 5) is 70.7. The second kappa shape index (κ2) is 12.6. The molecule has 184 valence electrons. The van der Waals surface area contributed by atoms with Gasteiger partial charge in [-0.3, -0.25) is 14.4 Å². The third kappa shape index (κ3) is 13.9. The Morgan fingerprint density at radius 3 is 2.09 bits per heavy atom. The van der Waals surface area contributed by atoms with Crippen LogP contribution in [0.1, 0.15) is 54.4 Å². The number of hydroxylamine groups is 2. The molecule has 0 radical (unpaired) electrons. The normalized spacial score (nSPS) is 13.3. The second-order valence-electron chi connectivity index (χ2n) is 8.53. The second-order valence-corrected chi connectivity index (χ2v) is 8.53. The lowest BCUT2D eigenvalue weighted by molar-refractivity contribution is -0.789. The molecule has 1 N–H and O–H groups in total. The van der Waals surface area contributed by atoms with Gasteiger partial charge in [0, 0.05) is 13.0 Å². The van der Waals surface area contributed by atoms with E-state index in [1.54, 1.807) is 41.5 Å². The van der Waals surface area contributed by atoms with E-state index in [0.717, 1.165) is 5.06 Å². The first-order valence-corrected chi connectivity index (χ1v) is 9.55. The Balaban J connectivity index is 5.13. The van der Waals surface area contributed by atoms with E-state index in [9.17, 15) is 34.6 Å². The van der Waals surface area contributed by atoms with Crippen molar-refractivity contribution in [1.29, 1.82) is 0 Å². The molecular formula is C17H30N4O11. The molecule has 0 aromatic carbocycles. The number of ether oxygens (including phenoxy) is 1. The van der Waals surface area contributed by atoms with Crippen molar-refractivity contribution in [2.24, 2.45) is 0 Å². The van der Waals surface area contributed by atoms with Crippen molar-refractivity contribution in [3.05, 3.63) is 20.2 Å². The fourth-order valence-electron chi connectivity index (χ4n) is 2.17. The molecule has 0 bridgehead atoms. The van der Waals surface area contributed by atoms with Gasteiger partial charge in [-0.1, -0.05) is 0 Å². The van der Waals surface area contributed by atoms with Gasteiger partial charge in [-0.15, -0.1) is 20.2 Å². The Morgan fingerprint density at radius 2 is 1.66 bits per heavy atom. The molecule has 0 aliphatic carbocycles. The van der Waals surface area contributed by atoms with E-state index in [0.29, 0.717) is 6.41 Å². The lowest BCUT2D eigenvalue weighted by atomic mass is 10.1. The van der Waals surface area contributed by atoms with Gasteiger partial charge in [0.15, 0.2) is 6.04 Å². The molecule has 32 heavy (non-hydrogen) atoms. The van der Waals surface area contributed by atoms with Crippen LogP contribution in [0.15, 0.2) is 0 Å². The van der Waals surface area contributed by atoms with Gasteiger partial charge >= 0.3 is 5.97 Å². The monoisotopic (exact) mass is 466 g/mol. The zero-order chi connectivity index (χ0) is 25.1. The van der Waals surface area contributed by atoms with E-state index in [1.807, 2.05) is 0 Å². The SMILES string of the molecule is CC(C)(C)OC(=O)[C@H](CCC(=O)NC[C@@H](CO[N+](=O)[O-])O[N+](=O)[O-])N(C=O)OC(C)(C)C. The lowest BCUT2D eigenvalue weighted by Crippen LogP contribution is -2.47. The molecule has 0 heterocycles. The minimum atomic E-state index is -1.43. The largest absolute Gasteiger partial charge is 0.458 e. The summed E-state index contributed by atoms with van der Waals surface area (Å²) < 4.78 is 5.30.